The quantitative estimate of drug-likeness (QED) is 0.260. The number of hydrogen-bond donors (Lipinski definition) is 3. The normalized spacial score (nSPS) is 13.4. The van der Waals surface area contributed by atoms with Crippen molar-refractivity contribution in [2.45, 2.75) is 32.2 Å². The first-order valence-electron chi connectivity index (χ1n) is 11.0. The van der Waals surface area contributed by atoms with Crippen LogP contribution in [0, 0.1) is 0 Å². The fourth-order valence-corrected chi connectivity index (χ4v) is 3.58. The number of hydrogen-bond acceptors (Lipinski definition) is 8. The highest BCUT2D eigenvalue weighted by Gasteiger charge is 2.23. The molecule has 0 aromatic heterocycles. The summed E-state index contributed by atoms with van der Waals surface area (Å²) in [5, 5.41) is 2.82. The Morgan fingerprint density at radius 2 is 1.88 bits per heavy atom. The average Bonchev–Trinajstić information content (AvgIpc) is 3.32. The molecule has 34 heavy (non-hydrogen) atoms. The van der Waals surface area contributed by atoms with Crippen LogP contribution in [0.5, 0.6) is 23.0 Å². The van der Waals surface area contributed by atoms with Gasteiger partial charge in [-0.2, -0.15) is 0 Å². The van der Waals surface area contributed by atoms with Crippen LogP contribution in [0.15, 0.2) is 35.9 Å². The number of Topliss-reactive ketones (excluding diaryl/α,β-unsaturated/α-hetero) is 1. The van der Waals surface area contributed by atoms with Gasteiger partial charge in [0.25, 0.3) is 0 Å². The predicted octanol–water partition coefficient (Wildman–Crippen LogP) is 3.11. The second kappa shape index (κ2) is 11.5. The molecule has 0 aliphatic carbocycles. The fourth-order valence-electron chi connectivity index (χ4n) is 3.58. The maximum absolute atomic E-state index is 13.1. The number of benzene rings is 2. The predicted molar refractivity (Wildman–Crippen MR) is 130 cm³/mol. The molecule has 1 atom stereocenters. The first-order valence-corrected chi connectivity index (χ1v) is 11.0. The minimum absolute atomic E-state index is 0.0786. The van der Waals surface area contributed by atoms with Crippen LogP contribution in [0.3, 0.4) is 0 Å². The van der Waals surface area contributed by atoms with E-state index in [0.717, 1.165) is 12.8 Å². The molecule has 0 bridgehead atoms. The van der Waals surface area contributed by atoms with E-state index in [1.807, 2.05) is 0 Å². The lowest BCUT2D eigenvalue weighted by Crippen LogP contribution is -2.35. The number of fused-ring (bicyclic) bond motifs is 1. The second-order valence-corrected chi connectivity index (χ2v) is 7.91. The van der Waals surface area contributed by atoms with Gasteiger partial charge in [-0.15, -0.1) is 0 Å². The Hall–Kier alpha value is -3.56. The lowest BCUT2D eigenvalue weighted by Gasteiger charge is -2.15. The van der Waals surface area contributed by atoms with Crippen LogP contribution in [-0.2, 0) is 4.79 Å². The average molecular weight is 470 g/mol. The number of unbranched alkanes of at least 4 members (excludes halogenated alkanes) is 1. The number of methoxy groups -OCH3 is 2. The van der Waals surface area contributed by atoms with Crippen LogP contribution in [0.25, 0.3) is 6.08 Å². The Morgan fingerprint density at radius 3 is 2.59 bits per heavy atom. The Kier molecular flexibility index (Phi) is 8.50. The van der Waals surface area contributed by atoms with Crippen LogP contribution in [0.1, 0.15) is 42.1 Å². The molecular weight excluding hydrogens is 438 g/mol. The summed E-state index contributed by atoms with van der Waals surface area (Å²) < 4.78 is 21.5. The number of ketones is 1. The van der Waals surface area contributed by atoms with E-state index in [0.29, 0.717) is 58.4 Å². The van der Waals surface area contributed by atoms with E-state index in [1.54, 1.807) is 43.3 Å². The molecule has 0 saturated carbocycles. The summed E-state index contributed by atoms with van der Waals surface area (Å²) >= 11 is 0. The van der Waals surface area contributed by atoms with Crippen molar-refractivity contribution >= 4 is 23.5 Å². The summed E-state index contributed by atoms with van der Waals surface area (Å²) in [6.45, 7) is 2.36. The number of amides is 1. The van der Waals surface area contributed by atoms with Gasteiger partial charge < -0.3 is 35.7 Å². The standard InChI is InChI=1S/C25H31N3O6/c1-15(23(29)17-12-21(32-3)24-22(13-17)33-14-34-24)10-16-7-8-20(31-2)19(11-16)28-25(30)18(27)6-4-5-9-26/h7-8,10-13,18H,4-6,9,14,26-27H2,1-3H3,(H,28,30). The number of nitrogens with one attached hydrogen (secondary N) is 1. The maximum atomic E-state index is 13.1. The molecule has 1 aliphatic rings. The number of carbonyl (C=O) groups excluding carboxylic acids is 2. The van der Waals surface area contributed by atoms with E-state index in [-0.39, 0.29) is 18.5 Å². The van der Waals surface area contributed by atoms with Crippen molar-refractivity contribution in [3.05, 3.63) is 47.0 Å². The molecule has 0 spiro atoms. The molecule has 5 N–H and O–H groups in total. The Morgan fingerprint density at radius 1 is 1.12 bits per heavy atom. The van der Waals surface area contributed by atoms with Crippen molar-refractivity contribution in [1.29, 1.82) is 0 Å². The van der Waals surface area contributed by atoms with Crippen LogP contribution in [0.4, 0.5) is 5.69 Å². The first-order chi connectivity index (χ1) is 16.4. The van der Waals surface area contributed by atoms with Crippen molar-refractivity contribution in [1.82, 2.24) is 0 Å². The van der Waals surface area contributed by atoms with E-state index in [9.17, 15) is 9.59 Å². The number of allylic oxidation sites excluding steroid dienone is 1. The summed E-state index contributed by atoms with van der Waals surface area (Å²) in [5.41, 5.74) is 13.6. The van der Waals surface area contributed by atoms with Crippen LogP contribution in [0.2, 0.25) is 0 Å². The van der Waals surface area contributed by atoms with Crippen LogP contribution in [-0.4, -0.2) is 45.3 Å². The van der Waals surface area contributed by atoms with Crippen molar-refractivity contribution in [3.8, 4) is 23.0 Å². The minimum Gasteiger partial charge on any atom is -0.495 e. The zero-order chi connectivity index (χ0) is 24.7. The third-order valence-electron chi connectivity index (χ3n) is 5.45. The molecule has 1 unspecified atom stereocenters. The van der Waals surface area contributed by atoms with E-state index in [4.69, 9.17) is 30.4 Å². The SMILES string of the molecule is COc1ccc(C=C(C)C(=O)c2cc(OC)c3c(c2)OCO3)cc1NC(=O)C(N)CCCCN. The molecule has 0 fully saturated rings. The summed E-state index contributed by atoms with van der Waals surface area (Å²) in [5.74, 6) is 1.37. The van der Waals surface area contributed by atoms with Crippen molar-refractivity contribution in [3.63, 3.8) is 0 Å². The van der Waals surface area contributed by atoms with Crippen molar-refractivity contribution < 1.29 is 28.5 Å². The number of carbonyl (C=O) groups is 2. The number of anilines is 1. The van der Waals surface area contributed by atoms with Gasteiger partial charge in [0.1, 0.15) is 5.75 Å². The molecule has 9 nitrogen and oxygen atoms in total. The fraction of sp³-hybridized carbons (Fsp3) is 0.360. The van der Waals surface area contributed by atoms with Gasteiger partial charge in [0, 0.05) is 5.56 Å². The third-order valence-corrected chi connectivity index (χ3v) is 5.45. The van der Waals surface area contributed by atoms with Gasteiger partial charge in [0.2, 0.25) is 18.4 Å². The van der Waals surface area contributed by atoms with Gasteiger partial charge in [-0.3, -0.25) is 9.59 Å². The molecule has 1 aliphatic heterocycles. The molecule has 1 heterocycles. The molecule has 3 rings (SSSR count). The zero-order valence-electron chi connectivity index (χ0n) is 19.7. The molecule has 0 radical (unpaired) electrons. The van der Waals surface area contributed by atoms with E-state index < -0.39 is 6.04 Å². The van der Waals surface area contributed by atoms with Gasteiger partial charge in [0.05, 0.1) is 25.9 Å². The van der Waals surface area contributed by atoms with E-state index in [2.05, 4.69) is 5.32 Å². The Balaban J connectivity index is 1.80. The summed E-state index contributed by atoms with van der Waals surface area (Å²) in [7, 11) is 3.02. The van der Waals surface area contributed by atoms with Crippen LogP contribution >= 0.6 is 0 Å². The summed E-state index contributed by atoms with van der Waals surface area (Å²) in [6, 6.07) is 7.87. The lowest BCUT2D eigenvalue weighted by atomic mass is 10.0. The maximum Gasteiger partial charge on any atom is 0.241 e. The van der Waals surface area contributed by atoms with E-state index in [1.165, 1.54) is 14.2 Å². The largest absolute Gasteiger partial charge is 0.495 e. The molecule has 182 valence electrons. The van der Waals surface area contributed by atoms with Gasteiger partial charge in [-0.1, -0.05) is 12.5 Å². The van der Waals surface area contributed by atoms with Gasteiger partial charge in [-0.05, 0) is 67.8 Å². The monoisotopic (exact) mass is 469 g/mol. The highest BCUT2D eigenvalue weighted by atomic mass is 16.7. The molecule has 9 heteroatoms. The Bertz CT molecular complexity index is 1080. The highest BCUT2D eigenvalue weighted by Crippen LogP contribution is 2.42. The van der Waals surface area contributed by atoms with Crippen molar-refractivity contribution in [2.75, 3.05) is 32.9 Å². The summed E-state index contributed by atoms with van der Waals surface area (Å²) in [6.07, 6.45) is 3.86. The van der Waals surface area contributed by atoms with Gasteiger partial charge >= 0.3 is 0 Å². The molecule has 2 aromatic rings. The van der Waals surface area contributed by atoms with Gasteiger partial charge in [-0.25, -0.2) is 0 Å². The van der Waals surface area contributed by atoms with Gasteiger partial charge in [0.15, 0.2) is 17.3 Å². The molecule has 2 aromatic carbocycles. The smallest absolute Gasteiger partial charge is 0.241 e. The third kappa shape index (κ3) is 5.86. The summed E-state index contributed by atoms with van der Waals surface area (Å²) in [4.78, 5) is 25.6. The number of nitrogens with two attached hydrogens (primary N) is 2. The molecule has 1 amide bonds. The molecular formula is C25H31N3O6. The second-order valence-electron chi connectivity index (χ2n) is 7.91. The van der Waals surface area contributed by atoms with Crippen molar-refractivity contribution in [2.24, 2.45) is 11.5 Å². The number of rotatable bonds is 11. The minimum atomic E-state index is -0.653. The van der Waals surface area contributed by atoms with Crippen LogP contribution < -0.4 is 35.7 Å². The van der Waals surface area contributed by atoms with E-state index >= 15 is 0 Å². The Labute approximate surface area is 199 Å². The highest BCUT2D eigenvalue weighted by molar-refractivity contribution is 6.11. The molecule has 0 saturated heterocycles. The lowest BCUT2D eigenvalue weighted by molar-refractivity contribution is -0.117. The number of ether oxygens (including phenoxy) is 4. The first kappa shape index (κ1) is 25.1. The topological polar surface area (TPSA) is 135 Å². The zero-order valence-corrected chi connectivity index (χ0v) is 19.7.